The van der Waals surface area contributed by atoms with Gasteiger partial charge in [0.05, 0.1) is 4.88 Å². The number of nitrogens with one attached hydrogen (secondary N) is 1. The molecule has 1 fully saturated rings. The van der Waals surface area contributed by atoms with Gasteiger partial charge in [0, 0.05) is 25.8 Å². The second-order valence-electron chi connectivity index (χ2n) is 5.31. The molecule has 0 radical (unpaired) electrons. The van der Waals surface area contributed by atoms with Gasteiger partial charge in [-0.15, -0.1) is 11.3 Å². The largest absolute Gasteiger partial charge is 0.350 e. The average molecular weight is 312 g/mol. The molecule has 0 spiro atoms. The van der Waals surface area contributed by atoms with Gasteiger partial charge in [-0.3, -0.25) is 4.79 Å². The molecule has 1 aromatic carbocycles. The fraction of sp³-hybridized carbons (Fsp3) is 0.312. The Morgan fingerprint density at radius 2 is 2.27 bits per heavy atom. The smallest absolute Gasteiger partial charge is 0.280 e. The number of rotatable bonds is 4. The Kier molecular flexibility index (Phi) is 4.35. The van der Waals surface area contributed by atoms with Crippen LogP contribution in [0.25, 0.3) is 10.4 Å². The van der Waals surface area contributed by atoms with Crippen LogP contribution in [0.1, 0.15) is 16.2 Å². The molecule has 3 rings (SSSR count). The van der Waals surface area contributed by atoms with Gasteiger partial charge in [-0.1, -0.05) is 30.3 Å². The predicted molar refractivity (Wildman–Crippen MR) is 85.2 cm³/mol. The van der Waals surface area contributed by atoms with Gasteiger partial charge >= 0.3 is 0 Å². The van der Waals surface area contributed by atoms with Crippen molar-refractivity contribution in [2.24, 2.45) is 5.92 Å². The van der Waals surface area contributed by atoms with Gasteiger partial charge in [0.25, 0.3) is 5.91 Å². The van der Waals surface area contributed by atoms with Crippen LogP contribution < -0.4 is 5.32 Å². The van der Waals surface area contributed by atoms with E-state index in [0.717, 1.165) is 30.0 Å². The van der Waals surface area contributed by atoms with Crippen molar-refractivity contribution in [3.05, 3.63) is 41.5 Å². The minimum Gasteiger partial charge on any atom is -0.350 e. The predicted octanol–water partition coefficient (Wildman–Crippen LogP) is 2.34. The molecule has 0 unspecified atom stereocenters. The van der Waals surface area contributed by atoms with Crippen LogP contribution in [-0.2, 0) is 0 Å². The Morgan fingerprint density at radius 3 is 3.00 bits per heavy atom. The SMILES string of the molecule is N#CN1CC[C@H](CNC(=O)c2ncc(-c3ccccc3)s2)C1. The number of carbonyl (C=O) groups excluding carboxylic acids is 1. The lowest BCUT2D eigenvalue weighted by Gasteiger charge is -2.09. The minimum absolute atomic E-state index is 0.136. The summed E-state index contributed by atoms with van der Waals surface area (Å²) < 4.78 is 0. The zero-order chi connectivity index (χ0) is 15.4. The number of hydrogen-bond acceptors (Lipinski definition) is 5. The maximum atomic E-state index is 12.2. The number of nitrogens with zero attached hydrogens (tertiary/aromatic N) is 3. The summed E-state index contributed by atoms with van der Waals surface area (Å²) in [5.74, 6) is 0.208. The summed E-state index contributed by atoms with van der Waals surface area (Å²) >= 11 is 1.40. The fourth-order valence-electron chi connectivity index (χ4n) is 2.52. The molecule has 0 bridgehead atoms. The summed E-state index contributed by atoms with van der Waals surface area (Å²) in [6, 6.07) is 9.91. The standard InChI is InChI=1S/C16H16N4OS/c17-11-20-7-6-12(10-20)8-18-15(21)16-19-9-14(22-16)13-4-2-1-3-5-13/h1-5,9,12H,6-8,10H2,(H,18,21)/t12-/m1/s1. The number of carbonyl (C=O) groups is 1. The summed E-state index contributed by atoms with van der Waals surface area (Å²) in [5.41, 5.74) is 1.07. The normalized spacial score (nSPS) is 17.2. The third-order valence-electron chi connectivity index (χ3n) is 3.74. The number of nitriles is 1. The van der Waals surface area contributed by atoms with Gasteiger partial charge in [0.1, 0.15) is 0 Å². The van der Waals surface area contributed by atoms with Gasteiger partial charge < -0.3 is 10.2 Å². The summed E-state index contributed by atoms with van der Waals surface area (Å²) in [5, 5.41) is 12.2. The number of amides is 1. The molecule has 112 valence electrons. The van der Waals surface area contributed by atoms with Gasteiger partial charge in [-0.05, 0) is 17.9 Å². The summed E-state index contributed by atoms with van der Waals surface area (Å²) in [6.45, 7) is 2.10. The molecule has 5 nitrogen and oxygen atoms in total. The van der Waals surface area contributed by atoms with Crippen molar-refractivity contribution < 1.29 is 4.79 Å². The molecule has 1 aliphatic heterocycles. The first-order chi connectivity index (χ1) is 10.8. The van der Waals surface area contributed by atoms with Crippen LogP contribution in [0.15, 0.2) is 36.5 Å². The van der Waals surface area contributed by atoms with E-state index >= 15 is 0 Å². The second-order valence-corrected chi connectivity index (χ2v) is 6.34. The molecule has 0 saturated carbocycles. The molecule has 1 N–H and O–H groups in total. The lowest BCUT2D eigenvalue weighted by Crippen LogP contribution is -2.30. The van der Waals surface area contributed by atoms with Crippen molar-refractivity contribution in [3.8, 4) is 16.6 Å². The third-order valence-corrected chi connectivity index (χ3v) is 4.78. The molecule has 1 aromatic heterocycles. The number of aromatic nitrogens is 1. The molecule has 6 heteroatoms. The fourth-order valence-corrected chi connectivity index (χ4v) is 3.36. The van der Waals surface area contributed by atoms with Gasteiger partial charge in [-0.2, -0.15) is 5.26 Å². The minimum atomic E-state index is -0.136. The molecule has 1 aliphatic rings. The lowest BCUT2D eigenvalue weighted by atomic mass is 10.1. The van der Waals surface area contributed by atoms with Gasteiger partial charge in [0.15, 0.2) is 11.2 Å². The quantitative estimate of drug-likeness (QED) is 0.880. The van der Waals surface area contributed by atoms with Crippen LogP contribution in [0.4, 0.5) is 0 Å². The van der Waals surface area contributed by atoms with Crippen molar-refractivity contribution in [1.29, 1.82) is 5.26 Å². The Hall–Kier alpha value is -2.39. The topological polar surface area (TPSA) is 69.0 Å². The van der Waals surface area contributed by atoms with E-state index in [1.807, 2.05) is 30.3 Å². The van der Waals surface area contributed by atoms with Gasteiger partial charge in [-0.25, -0.2) is 4.98 Å². The highest BCUT2D eigenvalue weighted by atomic mass is 32.1. The molecule has 1 amide bonds. The molecular formula is C16H16N4OS. The number of hydrogen-bond donors (Lipinski definition) is 1. The summed E-state index contributed by atoms with van der Waals surface area (Å²) in [7, 11) is 0. The molecule has 1 saturated heterocycles. The first-order valence-electron chi connectivity index (χ1n) is 7.20. The monoisotopic (exact) mass is 312 g/mol. The number of likely N-dealkylation sites (tertiary alicyclic amines) is 1. The summed E-state index contributed by atoms with van der Waals surface area (Å²) in [4.78, 5) is 19.1. The molecule has 22 heavy (non-hydrogen) atoms. The third kappa shape index (κ3) is 3.26. The van der Waals surface area contributed by atoms with E-state index in [2.05, 4.69) is 16.5 Å². The van der Waals surface area contributed by atoms with Crippen molar-refractivity contribution in [2.45, 2.75) is 6.42 Å². The molecule has 2 heterocycles. The molecular weight excluding hydrogens is 296 g/mol. The highest BCUT2D eigenvalue weighted by Gasteiger charge is 2.22. The molecule has 2 aromatic rings. The van der Waals surface area contributed by atoms with Crippen LogP contribution in [-0.4, -0.2) is 35.4 Å². The van der Waals surface area contributed by atoms with Crippen LogP contribution in [0, 0.1) is 17.4 Å². The highest BCUT2D eigenvalue weighted by molar-refractivity contribution is 7.16. The van der Waals surface area contributed by atoms with E-state index in [0.29, 0.717) is 17.5 Å². The first kappa shape index (κ1) is 14.5. The van der Waals surface area contributed by atoms with E-state index in [4.69, 9.17) is 5.26 Å². The lowest BCUT2D eigenvalue weighted by molar-refractivity contribution is 0.0947. The van der Waals surface area contributed by atoms with Crippen molar-refractivity contribution >= 4 is 17.2 Å². The Labute approximate surface area is 133 Å². The number of benzene rings is 1. The maximum Gasteiger partial charge on any atom is 0.280 e. The molecule has 1 atom stereocenters. The van der Waals surface area contributed by atoms with Crippen molar-refractivity contribution in [2.75, 3.05) is 19.6 Å². The first-order valence-corrected chi connectivity index (χ1v) is 8.02. The second kappa shape index (κ2) is 6.58. The highest BCUT2D eigenvalue weighted by Crippen LogP contribution is 2.25. The summed E-state index contributed by atoms with van der Waals surface area (Å²) in [6.07, 6.45) is 4.83. The van der Waals surface area contributed by atoms with Crippen LogP contribution in [0.3, 0.4) is 0 Å². The van der Waals surface area contributed by atoms with Gasteiger partial charge in [0.2, 0.25) is 0 Å². The number of thiazole rings is 1. The Morgan fingerprint density at radius 1 is 1.45 bits per heavy atom. The Bertz CT molecular complexity index is 692. The van der Waals surface area contributed by atoms with Crippen molar-refractivity contribution in [1.82, 2.24) is 15.2 Å². The van der Waals surface area contributed by atoms with E-state index in [1.165, 1.54) is 11.3 Å². The van der Waals surface area contributed by atoms with E-state index in [9.17, 15) is 4.79 Å². The van der Waals surface area contributed by atoms with E-state index in [1.54, 1.807) is 11.1 Å². The average Bonchev–Trinajstić information content (AvgIpc) is 3.22. The van der Waals surface area contributed by atoms with Crippen LogP contribution in [0.5, 0.6) is 0 Å². The zero-order valence-corrected chi connectivity index (χ0v) is 12.8. The van der Waals surface area contributed by atoms with E-state index < -0.39 is 0 Å². The van der Waals surface area contributed by atoms with Crippen LogP contribution in [0.2, 0.25) is 0 Å². The van der Waals surface area contributed by atoms with Crippen LogP contribution >= 0.6 is 11.3 Å². The van der Waals surface area contributed by atoms with E-state index in [-0.39, 0.29) is 5.91 Å². The van der Waals surface area contributed by atoms with Crippen molar-refractivity contribution in [3.63, 3.8) is 0 Å². The maximum absolute atomic E-state index is 12.2. The molecule has 0 aliphatic carbocycles. The Balaban J connectivity index is 1.57. The zero-order valence-electron chi connectivity index (χ0n) is 12.0.